The van der Waals surface area contributed by atoms with Gasteiger partial charge >= 0.3 is 5.97 Å². The number of esters is 1. The number of hydrogen-bond acceptors (Lipinski definition) is 4. The number of benzene rings is 2. The van der Waals surface area contributed by atoms with E-state index in [1.165, 1.54) is 6.20 Å². The normalized spacial score (nSPS) is 10.5. The standard InChI is InChI=1S/C20H18IN3O3/c1-3-27-20(26)16-12-22-24(13(16)2)15-10-8-14(9-11-15)19(25)23-18-7-5-4-6-17(18)21/h4-12H,3H2,1-2H3,(H,23,25). The van der Waals surface area contributed by atoms with E-state index in [4.69, 9.17) is 4.74 Å². The van der Waals surface area contributed by atoms with Crippen LogP contribution in [0.4, 0.5) is 5.69 Å². The Hall–Kier alpha value is -2.68. The molecular weight excluding hydrogens is 457 g/mol. The van der Waals surface area contributed by atoms with Gasteiger partial charge in [0, 0.05) is 9.13 Å². The Bertz CT molecular complexity index is 980. The minimum absolute atomic E-state index is 0.185. The van der Waals surface area contributed by atoms with Crippen molar-refractivity contribution < 1.29 is 14.3 Å². The molecule has 1 amide bonds. The summed E-state index contributed by atoms with van der Waals surface area (Å²) in [5.74, 6) is -0.579. The Morgan fingerprint density at radius 2 is 1.85 bits per heavy atom. The molecule has 138 valence electrons. The van der Waals surface area contributed by atoms with E-state index in [9.17, 15) is 9.59 Å². The number of amides is 1. The molecule has 1 heterocycles. The van der Waals surface area contributed by atoms with E-state index < -0.39 is 5.97 Å². The number of para-hydroxylation sites is 1. The zero-order valence-electron chi connectivity index (χ0n) is 14.9. The maximum atomic E-state index is 12.4. The molecule has 0 aliphatic rings. The quantitative estimate of drug-likeness (QED) is 0.443. The number of ether oxygens (including phenoxy) is 1. The van der Waals surface area contributed by atoms with E-state index in [2.05, 4.69) is 33.0 Å². The minimum Gasteiger partial charge on any atom is -0.462 e. The lowest BCUT2D eigenvalue weighted by atomic mass is 10.2. The molecule has 0 radical (unpaired) electrons. The summed E-state index contributed by atoms with van der Waals surface area (Å²) in [5, 5.41) is 7.16. The van der Waals surface area contributed by atoms with Crippen LogP contribution in [0.5, 0.6) is 0 Å². The van der Waals surface area contributed by atoms with E-state index in [0.29, 0.717) is 23.4 Å². The second-order valence-corrected chi connectivity index (χ2v) is 6.92. The third-order valence-corrected chi connectivity index (χ3v) is 4.94. The van der Waals surface area contributed by atoms with Gasteiger partial charge in [-0.3, -0.25) is 4.79 Å². The molecule has 0 fully saturated rings. The van der Waals surface area contributed by atoms with Gasteiger partial charge in [0.15, 0.2) is 0 Å². The van der Waals surface area contributed by atoms with Gasteiger partial charge in [-0.15, -0.1) is 0 Å². The Labute approximate surface area is 170 Å². The van der Waals surface area contributed by atoms with Crippen LogP contribution < -0.4 is 5.32 Å². The first-order valence-electron chi connectivity index (χ1n) is 8.39. The molecule has 0 spiro atoms. The molecule has 3 aromatic rings. The largest absolute Gasteiger partial charge is 0.462 e. The number of hydrogen-bond donors (Lipinski definition) is 1. The predicted molar refractivity (Wildman–Crippen MR) is 111 cm³/mol. The fourth-order valence-corrected chi connectivity index (χ4v) is 3.11. The van der Waals surface area contributed by atoms with Crippen molar-refractivity contribution in [1.29, 1.82) is 0 Å². The van der Waals surface area contributed by atoms with Crippen LogP contribution in [0.1, 0.15) is 33.3 Å². The van der Waals surface area contributed by atoms with Crippen molar-refractivity contribution in [2.75, 3.05) is 11.9 Å². The van der Waals surface area contributed by atoms with Crippen LogP contribution in [-0.4, -0.2) is 28.3 Å². The van der Waals surface area contributed by atoms with Crippen molar-refractivity contribution in [3.63, 3.8) is 0 Å². The van der Waals surface area contributed by atoms with Gasteiger partial charge in [0.05, 0.1) is 29.9 Å². The van der Waals surface area contributed by atoms with Crippen LogP contribution in [0.25, 0.3) is 5.69 Å². The smallest absolute Gasteiger partial charge is 0.341 e. The number of nitrogens with zero attached hydrogens (tertiary/aromatic N) is 2. The molecule has 0 aliphatic carbocycles. The summed E-state index contributed by atoms with van der Waals surface area (Å²) < 4.78 is 7.65. The van der Waals surface area contributed by atoms with Gasteiger partial charge in [0.2, 0.25) is 0 Å². The lowest BCUT2D eigenvalue weighted by Gasteiger charge is -2.09. The molecule has 0 saturated carbocycles. The number of anilines is 1. The first-order valence-corrected chi connectivity index (χ1v) is 9.47. The van der Waals surface area contributed by atoms with Crippen molar-refractivity contribution in [3.8, 4) is 5.69 Å². The summed E-state index contributed by atoms with van der Waals surface area (Å²) in [5.41, 5.74) is 3.18. The molecule has 0 saturated heterocycles. The van der Waals surface area contributed by atoms with Gasteiger partial charge in [-0.05, 0) is 72.8 Å². The molecule has 1 aromatic heterocycles. The van der Waals surface area contributed by atoms with Gasteiger partial charge in [-0.25, -0.2) is 9.48 Å². The third kappa shape index (κ3) is 4.19. The zero-order valence-corrected chi connectivity index (χ0v) is 17.1. The molecule has 0 unspecified atom stereocenters. The monoisotopic (exact) mass is 475 g/mol. The lowest BCUT2D eigenvalue weighted by molar-refractivity contribution is 0.0525. The number of carbonyl (C=O) groups is 2. The summed E-state index contributed by atoms with van der Waals surface area (Å²) in [6, 6.07) is 14.6. The van der Waals surface area contributed by atoms with Crippen LogP contribution in [0.15, 0.2) is 54.7 Å². The van der Waals surface area contributed by atoms with Crippen molar-refractivity contribution in [3.05, 3.63) is 75.1 Å². The first-order chi connectivity index (χ1) is 13.0. The van der Waals surface area contributed by atoms with E-state index in [1.54, 1.807) is 42.8 Å². The van der Waals surface area contributed by atoms with Gasteiger partial charge in [0.25, 0.3) is 5.91 Å². The Morgan fingerprint density at radius 1 is 1.15 bits per heavy atom. The second kappa shape index (κ2) is 8.34. The SMILES string of the molecule is CCOC(=O)c1cnn(-c2ccc(C(=O)Nc3ccccc3I)cc2)c1C. The third-order valence-electron chi connectivity index (χ3n) is 4.00. The fourth-order valence-electron chi connectivity index (χ4n) is 2.59. The molecule has 3 rings (SSSR count). The summed E-state index contributed by atoms with van der Waals surface area (Å²) in [4.78, 5) is 24.4. The molecule has 0 aliphatic heterocycles. The van der Waals surface area contributed by atoms with E-state index in [-0.39, 0.29) is 5.91 Å². The van der Waals surface area contributed by atoms with Crippen LogP contribution >= 0.6 is 22.6 Å². The summed E-state index contributed by atoms with van der Waals surface area (Å²) >= 11 is 2.18. The number of halogens is 1. The van der Waals surface area contributed by atoms with Crippen molar-refractivity contribution in [1.82, 2.24) is 9.78 Å². The summed E-state index contributed by atoms with van der Waals surface area (Å²) in [7, 11) is 0. The van der Waals surface area contributed by atoms with Gasteiger partial charge in [0.1, 0.15) is 5.56 Å². The van der Waals surface area contributed by atoms with Crippen LogP contribution in [0.3, 0.4) is 0 Å². The maximum Gasteiger partial charge on any atom is 0.341 e. The minimum atomic E-state index is -0.394. The Balaban J connectivity index is 1.79. The predicted octanol–water partition coefficient (Wildman–Crippen LogP) is 4.21. The number of nitrogens with one attached hydrogen (secondary N) is 1. The van der Waals surface area contributed by atoms with E-state index in [1.807, 2.05) is 24.3 Å². The molecule has 6 nitrogen and oxygen atoms in total. The highest BCUT2D eigenvalue weighted by molar-refractivity contribution is 14.1. The fraction of sp³-hybridized carbons (Fsp3) is 0.150. The highest BCUT2D eigenvalue weighted by Crippen LogP contribution is 2.19. The van der Waals surface area contributed by atoms with Gasteiger partial charge < -0.3 is 10.1 Å². The van der Waals surface area contributed by atoms with E-state index >= 15 is 0 Å². The van der Waals surface area contributed by atoms with Crippen molar-refractivity contribution >= 4 is 40.2 Å². The molecule has 1 N–H and O–H groups in total. The maximum absolute atomic E-state index is 12.4. The molecule has 2 aromatic carbocycles. The average molecular weight is 475 g/mol. The van der Waals surface area contributed by atoms with Crippen LogP contribution in [-0.2, 0) is 4.74 Å². The first kappa shape index (κ1) is 19.1. The summed E-state index contributed by atoms with van der Waals surface area (Å²) in [6.07, 6.45) is 1.49. The molecule has 0 bridgehead atoms. The highest BCUT2D eigenvalue weighted by atomic mass is 127. The van der Waals surface area contributed by atoms with Gasteiger partial charge in [-0.1, -0.05) is 12.1 Å². The topological polar surface area (TPSA) is 73.2 Å². The van der Waals surface area contributed by atoms with Gasteiger partial charge in [-0.2, -0.15) is 5.10 Å². The average Bonchev–Trinajstić information content (AvgIpc) is 3.05. The Morgan fingerprint density at radius 3 is 2.52 bits per heavy atom. The van der Waals surface area contributed by atoms with Crippen LogP contribution in [0, 0.1) is 10.5 Å². The molecule has 0 atom stereocenters. The second-order valence-electron chi connectivity index (χ2n) is 5.76. The molecule has 7 heteroatoms. The van der Waals surface area contributed by atoms with E-state index in [0.717, 1.165) is 14.9 Å². The Kier molecular flexibility index (Phi) is 5.90. The van der Waals surface area contributed by atoms with Crippen molar-refractivity contribution in [2.24, 2.45) is 0 Å². The van der Waals surface area contributed by atoms with Crippen molar-refractivity contribution in [2.45, 2.75) is 13.8 Å². The van der Waals surface area contributed by atoms with Crippen LogP contribution in [0.2, 0.25) is 0 Å². The number of aromatic nitrogens is 2. The number of rotatable bonds is 5. The molecule has 27 heavy (non-hydrogen) atoms. The number of carbonyl (C=O) groups excluding carboxylic acids is 2. The summed E-state index contributed by atoms with van der Waals surface area (Å²) in [6.45, 7) is 3.88. The molecular formula is C20H18IN3O3. The highest BCUT2D eigenvalue weighted by Gasteiger charge is 2.16. The zero-order chi connectivity index (χ0) is 19.4. The lowest BCUT2D eigenvalue weighted by Crippen LogP contribution is -2.13.